The zero-order valence-corrected chi connectivity index (χ0v) is 20.4. The molecule has 0 bridgehead atoms. The zero-order valence-electron chi connectivity index (χ0n) is 19.6. The minimum absolute atomic E-state index is 0.175. The molecule has 2 heterocycles. The molecular formula is C25H34N4O3S. The molecule has 0 unspecified atom stereocenters. The van der Waals surface area contributed by atoms with E-state index in [1.807, 2.05) is 26.1 Å². The molecule has 0 saturated carbocycles. The van der Waals surface area contributed by atoms with Crippen molar-refractivity contribution in [2.24, 2.45) is 0 Å². The number of carbonyl (C=O) groups is 1. The van der Waals surface area contributed by atoms with Crippen molar-refractivity contribution < 1.29 is 13.2 Å². The van der Waals surface area contributed by atoms with Gasteiger partial charge in [0.1, 0.15) is 0 Å². The van der Waals surface area contributed by atoms with Gasteiger partial charge in [0.15, 0.2) is 0 Å². The van der Waals surface area contributed by atoms with E-state index in [9.17, 15) is 13.2 Å². The summed E-state index contributed by atoms with van der Waals surface area (Å²) in [4.78, 5) is 17.6. The average molecular weight is 471 g/mol. The Labute approximate surface area is 197 Å². The van der Waals surface area contributed by atoms with Gasteiger partial charge in [-0.15, -0.1) is 0 Å². The molecule has 8 heteroatoms. The third-order valence-corrected chi connectivity index (χ3v) is 8.53. The summed E-state index contributed by atoms with van der Waals surface area (Å²) in [5.41, 5.74) is 3.46. The summed E-state index contributed by atoms with van der Waals surface area (Å²) in [5.74, 6) is -0.260. The lowest BCUT2D eigenvalue weighted by atomic mass is 10.1. The number of hydrogen-bond acceptors (Lipinski definition) is 5. The first-order chi connectivity index (χ1) is 15.8. The summed E-state index contributed by atoms with van der Waals surface area (Å²) >= 11 is 0. The summed E-state index contributed by atoms with van der Waals surface area (Å²) in [6.07, 6.45) is 2.56. The van der Waals surface area contributed by atoms with Crippen LogP contribution in [0.15, 0.2) is 47.4 Å². The number of amides is 1. The molecule has 0 radical (unpaired) electrons. The highest BCUT2D eigenvalue weighted by Crippen LogP contribution is 2.21. The van der Waals surface area contributed by atoms with E-state index in [-0.39, 0.29) is 10.8 Å². The van der Waals surface area contributed by atoms with Crippen molar-refractivity contribution in [2.45, 2.75) is 37.8 Å². The molecular weight excluding hydrogens is 436 g/mol. The van der Waals surface area contributed by atoms with Crippen LogP contribution < -0.4 is 5.32 Å². The Kier molecular flexibility index (Phi) is 7.48. The highest BCUT2D eigenvalue weighted by Gasteiger charge is 2.28. The van der Waals surface area contributed by atoms with Gasteiger partial charge >= 0.3 is 0 Å². The van der Waals surface area contributed by atoms with Gasteiger partial charge in [0.2, 0.25) is 10.0 Å². The Morgan fingerprint density at radius 1 is 0.909 bits per heavy atom. The fraction of sp³-hybridized carbons (Fsp3) is 0.480. The Hall–Kier alpha value is -2.26. The van der Waals surface area contributed by atoms with Gasteiger partial charge < -0.3 is 10.2 Å². The van der Waals surface area contributed by atoms with Crippen molar-refractivity contribution in [1.82, 2.24) is 19.4 Å². The minimum Gasteiger partial charge on any atom is -0.348 e. The molecule has 2 saturated heterocycles. The molecule has 0 atom stereocenters. The van der Waals surface area contributed by atoms with Gasteiger partial charge in [0.05, 0.1) is 4.90 Å². The topological polar surface area (TPSA) is 73.0 Å². The molecule has 4 rings (SSSR count). The van der Waals surface area contributed by atoms with Gasteiger partial charge in [-0.1, -0.05) is 30.3 Å². The number of hydrogen-bond donors (Lipinski definition) is 1. The molecule has 2 aromatic rings. The molecule has 0 spiro atoms. The van der Waals surface area contributed by atoms with E-state index in [0.29, 0.717) is 38.3 Å². The molecule has 2 aromatic carbocycles. The second-order valence-electron chi connectivity index (χ2n) is 9.17. The third-order valence-electron chi connectivity index (χ3n) is 6.63. The highest BCUT2D eigenvalue weighted by molar-refractivity contribution is 7.89. The molecule has 178 valence electrons. The van der Waals surface area contributed by atoms with Crippen LogP contribution in [0, 0.1) is 6.92 Å². The molecule has 7 nitrogen and oxygen atoms in total. The fourth-order valence-corrected chi connectivity index (χ4v) is 5.87. The molecule has 0 aromatic heterocycles. The quantitative estimate of drug-likeness (QED) is 0.673. The van der Waals surface area contributed by atoms with E-state index in [1.54, 1.807) is 12.1 Å². The largest absolute Gasteiger partial charge is 0.348 e. The summed E-state index contributed by atoms with van der Waals surface area (Å²) in [6, 6.07) is 13.2. The van der Waals surface area contributed by atoms with Crippen LogP contribution in [0.5, 0.6) is 0 Å². The third kappa shape index (κ3) is 5.81. The number of piperazine rings is 1. The van der Waals surface area contributed by atoms with Crippen molar-refractivity contribution >= 4 is 15.9 Å². The monoisotopic (exact) mass is 470 g/mol. The van der Waals surface area contributed by atoms with Crippen LogP contribution in [0.25, 0.3) is 0 Å². The van der Waals surface area contributed by atoms with Gasteiger partial charge in [-0.05, 0) is 68.7 Å². The average Bonchev–Trinajstić information content (AvgIpc) is 3.32. The number of rotatable bonds is 7. The second-order valence-corrected chi connectivity index (χ2v) is 11.1. The summed E-state index contributed by atoms with van der Waals surface area (Å²) in [6.45, 7) is 7.86. The Morgan fingerprint density at radius 3 is 2.21 bits per heavy atom. The van der Waals surface area contributed by atoms with Crippen molar-refractivity contribution in [1.29, 1.82) is 0 Å². The molecule has 33 heavy (non-hydrogen) atoms. The van der Waals surface area contributed by atoms with Crippen molar-refractivity contribution in [3.8, 4) is 0 Å². The summed E-state index contributed by atoms with van der Waals surface area (Å²) in [7, 11) is -1.63. The van der Waals surface area contributed by atoms with Crippen LogP contribution in [-0.4, -0.2) is 74.7 Å². The van der Waals surface area contributed by atoms with Crippen LogP contribution in [-0.2, 0) is 23.1 Å². The second kappa shape index (κ2) is 10.3. The summed E-state index contributed by atoms with van der Waals surface area (Å²) in [5, 5.41) is 2.95. The lowest BCUT2D eigenvalue weighted by molar-refractivity contribution is 0.0950. The van der Waals surface area contributed by atoms with E-state index in [4.69, 9.17) is 0 Å². The van der Waals surface area contributed by atoms with Gasteiger partial charge in [-0.25, -0.2) is 8.42 Å². The Morgan fingerprint density at radius 2 is 1.55 bits per heavy atom. The summed E-state index contributed by atoms with van der Waals surface area (Å²) < 4.78 is 27.7. The lowest BCUT2D eigenvalue weighted by Crippen LogP contribution is -2.47. The molecule has 0 aliphatic carbocycles. The van der Waals surface area contributed by atoms with Gasteiger partial charge in [0, 0.05) is 44.8 Å². The Bertz CT molecular complexity index is 1070. The first-order valence-electron chi connectivity index (χ1n) is 11.7. The van der Waals surface area contributed by atoms with E-state index in [1.165, 1.54) is 41.9 Å². The standard InChI is InChI=1S/C25H34N4O3S/c1-20-5-10-23(33(31,32)29-15-13-27(2)14-16-29)17-24(20)25(30)26-18-21-6-8-22(9-7-21)19-28-11-3-4-12-28/h5-10,17H,3-4,11-16,18-19H2,1-2H3,(H,26,30). The molecule has 2 aliphatic rings. The number of carbonyl (C=O) groups excluding carboxylic acids is 1. The number of aryl methyl sites for hydroxylation is 1. The number of likely N-dealkylation sites (N-methyl/N-ethyl adjacent to an activating group) is 1. The van der Waals surface area contributed by atoms with Gasteiger partial charge in [-0.2, -0.15) is 4.31 Å². The number of nitrogens with zero attached hydrogens (tertiary/aromatic N) is 3. The van der Waals surface area contributed by atoms with Crippen LogP contribution >= 0.6 is 0 Å². The number of likely N-dealkylation sites (tertiary alicyclic amines) is 1. The number of benzene rings is 2. The zero-order chi connectivity index (χ0) is 23.4. The molecule has 1 N–H and O–H groups in total. The lowest BCUT2D eigenvalue weighted by Gasteiger charge is -2.31. The first kappa shape index (κ1) is 23.9. The van der Waals surface area contributed by atoms with Crippen LogP contribution in [0.4, 0.5) is 0 Å². The first-order valence-corrected chi connectivity index (χ1v) is 13.1. The smallest absolute Gasteiger partial charge is 0.251 e. The van der Waals surface area contributed by atoms with Crippen LogP contribution in [0.2, 0.25) is 0 Å². The predicted octanol–water partition coefficient (Wildman–Crippen LogP) is 2.46. The van der Waals surface area contributed by atoms with Crippen molar-refractivity contribution in [3.05, 3.63) is 64.7 Å². The van der Waals surface area contributed by atoms with Gasteiger partial charge in [0.25, 0.3) is 5.91 Å². The van der Waals surface area contributed by atoms with Crippen molar-refractivity contribution in [2.75, 3.05) is 46.3 Å². The molecule has 2 aliphatic heterocycles. The maximum absolute atomic E-state index is 13.1. The van der Waals surface area contributed by atoms with Crippen LogP contribution in [0.3, 0.4) is 0 Å². The maximum atomic E-state index is 13.1. The minimum atomic E-state index is -3.62. The van der Waals surface area contributed by atoms with Crippen LogP contribution in [0.1, 0.15) is 39.9 Å². The maximum Gasteiger partial charge on any atom is 0.251 e. The number of nitrogens with one attached hydrogen (secondary N) is 1. The fourth-order valence-electron chi connectivity index (χ4n) is 4.42. The normalized spacial score (nSPS) is 18.5. The van der Waals surface area contributed by atoms with Crippen molar-refractivity contribution in [3.63, 3.8) is 0 Å². The highest BCUT2D eigenvalue weighted by atomic mass is 32.2. The predicted molar refractivity (Wildman–Crippen MR) is 130 cm³/mol. The van der Waals surface area contributed by atoms with E-state index >= 15 is 0 Å². The SMILES string of the molecule is Cc1ccc(S(=O)(=O)N2CCN(C)CC2)cc1C(=O)NCc1ccc(CN2CCCC2)cc1. The Balaban J connectivity index is 1.39. The van der Waals surface area contributed by atoms with E-state index in [0.717, 1.165) is 17.7 Å². The van der Waals surface area contributed by atoms with Gasteiger partial charge in [-0.3, -0.25) is 9.69 Å². The van der Waals surface area contributed by atoms with E-state index < -0.39 is 10.0 Å². The van der Waals surface area contributed by atoms with E-state index in [2.05, 4.69) is 27.2 Å². The molecule has 2 fully saturated rings. The molecule has 1 amide bonds. The number of sulfonamides is 1.